The maximum absolute atomic E-state index is 13.1. The van der Waals surface area contributed by atoms with E-state index in [9.17, 15) is 9.59 Å². The van der Waals surface area contributed by atoms with E-state index in [4.69, 9.17) is 9.47 Å². The summed E-state index contributed by atoms with van der Waals surface area (Å²) in [7, 11) is 2.97. The molecule has 2 aromatic rings. The van der Waals surface area contributed by atoms with Crippen LogP contribution in [0.2, 0.25) is 0 Å². The number of nitrogens with zero attached hydrogens (tertiary/aromatic N) is 2. The molecule has 1 aromatic carbocycles. The van der Waals surface area contributed by atoms with E-state index in [0.717, 1.165) is 12.8 Å². The molecule has 26 heavy (non-hydrogen) atoms. The smallest absolute Gasteiger partial charge is 0.261 e. The van der Waals surface area contributed by atoms with Crippen LogP contribution in [-0.2, 0) is 4.79 Å². The molecule has 1 heterocycles. The summed E-state index contributed by atoms with van der Waals surface area (Å²) in [6, 6.07) is 6.63. The number of rotatable bonds is 9. The number of unbranched alkanes of at least 4 members (excludes halogenated alkanes) is 1. The highest BCUT2D eigenvalue weighted by Gasteiger charge is 2.25. The van der Waals surface area contributed by atoms with Crippen LogP contribution in [-0.4, -0.2) is 49.2 Å². The van der Waals surface area contributed by atoms with Gasteiger partial charge in [0.15, 0.2) is 5.82 Å². The number of benzene rings is 1. The van der Waals surface area contributed by atoms with E-state index >= 15 is 0 Å². The summed E-state index contributed by atoms with van der Waals surface area (Å²) in [5.41, 5.74) is 0.294. The SMILES string of the molecule is CCCCN(CC(=O)Nc1ccon1)C(=O)c1c(OC)cccc1OC. The number of hydrogen-bond acceptors (Lipinski definition) is 6. The molecule has 0 aliphatic rings. The van der Waals surface area contributed by atoms with E-state index < -0.39 is 0 Å². The monoisotopic (exact) mass is 361 g/mol. The number of nitrogens with one attached hydrogen (secondary N) is 1. The number of aromatic nitrogens is 1. The van der Waals surface area contributed by atoms with E-state index in [2.05, 4.69) is 15.0 Å². The van der Waals surface area contributed by atoms with Crippen LogP contribution >= 0.6 is 0 Å². The second-order valence-corrected chi connectivity index (χ2v) is 5.55. The van der Waals surface area contributed by atoms with Crippen molar-refractivity contribution in [2.75, 3.05) is 32.6 Å². The van der Waals surface area contributed by atoms with Crippen LogP contribution in [0.5, 0.6) is 11.5 Å². The summed E-state index contributed by atoms with van der Waals surface area (Å²) in [5.74, 6) is 0.397. The summed E-state index contributed by atoms with van der Waals surface area (Å²) >= 11 is 0. The lowest BCUT2D eigenvalue weighted by Crippen LogP contribution is -2.39. The van der Waals surface area contributed by atoms with Crippen molar-refractivity contribution < 1.29 is 23.6 Å². The quantitative estimate of drug-likeness (QED) is 0.738. The zero-order valence-electron chi connectivity index (χ0n) is 15.2. The van der Waals surface area contributed by atoms with Crippen molar-refractivity contribution in [1.82, 2.24) is 10.1 Å². The molecule has 1 aromatic heterocycles. The van der Waals surface area contributed by atoms with Gasteiger partial charge in [-0.3, -0.25) is 9.59 Å². The van der Waals surface area contributed by atoms with Crippen LogP contribution < -0.4 is 14.8 Å². The van der Waals surface area contributed by atoms with Crippen LogP contribution in [0.1, 0.15) is 30.1 Å². The Morgan fingerprint density at radius 1 is 1.19 bits per heavy atom. The summed E-state index contributed by atoms with van der Waals surface area (Å²) in [4.78, 5) is 26.9. The number of methoxy groups -OCH3 is 2. The Hall–Kier alpha value is -3.03. The molecule has 0 aliphatic carbocycles. The van der Waals surface area contributed by atoms with Crippen LogP contribution in [0.4, 0.5) is 5.82 Å². The number of carbonyl (C=O) groups excluding carboxylic acids is 2. The molecule has 0 aliphatic heterocycles. The van der Waals surface area contributed by atoms with Crippen molar-refractivity contribution in [1.29, 1.82) is 0 Å². The van der Waals surface area contributed by atoms with Crippen LogP contribution in [0, 0.1) is 0 Å². The van der Waals surface area contributed by atoms with E-state index in [0.29, 0.717) is 29.4 Å². The van der Waals surface area contributed by atoms with Gasteiger partial charge in [0.2, 0.25) is 5.91 Å². The molecule has 8 heteroatoms. The van der Waals surface area contributed by atoms with Crippen molar-refractivity contribution in [2.24, 2.45) is 0 Å². The highest BCUT2D eigenvalue weighted by molar-refractivity contribution is 6.02. The van der Waals surface area contributed by atoms with Gasteiger partial charge in [0.1, 0.15) is 29.9 Å². The lowest BCUT2D eigenvalue weighted by molar-refractivity contribution is -0.117. The molecule has 0 saturated heterocycles. The maximum Gasteiger partial charge on any atom is 0.261 e. The minimum Gasteiger partial charge on any atom is -0.496 e. The standard InChI is InChI=1S/C18H23N3O5/c1-4-5-10-21(12-16(22)19-15-9-11-26-20-15)18(23)17-13(24-2)7-6-8-14(17)25-3/h6-9,11H,4-5,10,12H2,1-3H3,(H,19,20,22). The number of anilines is 1. The molecule has 0 spiro atoms. The number of ether oxygens (including phenoxy) is 2. The normalized spacial score (nSPS) is 10.3. The second kappa shape index (κ2) is 9.45. The minimum atomic E-state index is -0.364. The summed E-state index contributed by atoms with van der Waals surface area (Å²) in [6.07, 6.45) is 3.01. The van der Waals surface area contributed by atoms with Gasteiger partial charge in [0.05, 0.1) is 14.2 Å². The fraction of sp³-hybridized carbons (Fsp3) is 0.389. The Labute approximate surface area is 152 Å². The molecular weight excluding hydrogens is 338 g/mol. The molecule has 0 unspecified atom stereocenters. The van der Waals surface area contributed by atoms with E-state index in [1.54, 1.807) is 18.2 Å². The highest BCUT2D eigenvalue weighted by Crippen LogP contribution is 2.29. The fourth-order valence-electron chi connectivity index (χ4n) is 2.45. The molecule has 0 fully saturated rings. The van der Waals surface area contributed by atoms with Gasteiger partial charge in [-0.15, -0.1) is 0 Å². The summed E-state index contributed by atoms with van der Waals surface area (Å²) in [5, 5.41) is 6.23. The lowest BCUT2D eigenvalue weighted by Gasteiger charge is -2.23. The maximum atomic E-state index is 13.1. The average Bonchev–Trinajstić information content (AvgIpc) is 3.16. The first-order valence-corrected chi connectivity index (χ1v) is 8.31. The second-order valence-electron chi connectivity index (χ2n) is 5.55. The van der Waals surface area contributed by atoms with Crippen LogP contribution in [0.15, 0.2) is 35.1 Å². The van der Waals surface area contributed by atoms with Crippen molar-refractivity contribution in [3.05, 3.63) is 36.1 Å². The summed E-state index contributed by atoms with van der Waals surface area (Å²) in [6.45, 7) is 2.33. The molecule has 0 saturated carbocycles. The Balaban J connectivity index is 2.22. The molecule has 0 radical (unpaired) electrons. The van der Waals surface area contributed by atoms with Gasteiger partial charge in [-0.25, -0.2) is 0 Å². The molecular formula is C18H23N3O5. The third kappa shape index (κ3) is 4.75. The highest BCUT2D eigenvalue weighted by atomic mass is 16.5. The van der Waals surface area contributed by atoms with E-state index in [1.807, 2.05) is 6.92 Å². The van der Waals surface area contributed by atoms with Gasteiger partial charge in [0, 0.05) is 12.6 Å². The van der Waals surface area contributed by atoms with Gasteiger partial charge in [-0.1, -0.05) is 24.6 Å². The van der Waals surface area contributed by atoms with Crippen LogP contribution in [0.25, 0.3) is 0 Å². The minimum absolute atomic E-state index is 0.118. The van der Waals surface area contributed by atoms with Crippen molar-refractivity contribution in [3.8, 4) is 11.5 Å². The molecule has 8 nitrogen and oxygen atoms in total. The predicted molar refractivity (Wildman–Crippen MR) is 95.5 cm³/mol. The van der Waals surface area contributed by atoms with E-state index in [1.165, 1.54) is 31.4 Å². The first-order chi connectivity index (χ1) is 12.6. The number of amides is 2. The zero-order valence-corrected chi connectivity index (χ0v) is 15.2. The largest absolute Gasteiger partial charge is 0.496 e. The lowest BCUT2D eigenvalue weighted by atomic mass is 10.1. The van der Waals surface area contributed by atoms with Gasteiger partial charge in [-0.05, 0) is 18.6 Å². The Bertz CT molecular complexity index is 708. The molecule has 2 amide bonds. The van der Waals surface area contributed by atoms with Crippen LogP contribution in [0.3, 0.4) is 0 Å². The predicted octanol–water partition coefficient (Wildman–Crippen LogP) is 2.57. The molecule has 140 valence electrons. The first kappa shape index (κ1) is 19.3. The third-order valence-electron chi connectivity index (χ3n) is 3.75. The Morgan fingerprint density at radius 2 is 1.88 bits per heavy atom. The summed E-state index contributed by atoms with van der Waals surface area (Å²) < 4.78 is 15.3. The number of hydrogen-bond donors (Lipinski definition) is 1. The van der Waals surface area contributed by atoms with Crippen molar-refractivity contribution in [3.63, 3.8) is 0 Å². The Kier molecular flexibility index (Phi) is 7.02. The van der Waals surface area contributed by atoms with Gasteiger partial charge in [-0.2, -0.15) is 0 Å². The number of carbonyl (C=O) groups is 2. The van der Waals surface area contributed by atoms with Crippen molar-refractivity contribution >= 4 is 17.6 Å². The van der Waals surface area contributed by atoms with Gasteiger partial charge >= 0.3 is 0 Å². The van der Waals surface area contributed by atoms with E-state index in [-0.39, 0.29) is 18.4 Å². The molecule has 2 rings (SSSR count). The van der Waals surface area contributed by atoms with Gasteiger partial charge in [0.25, 0.3) is 5.91 Å². The molecule has 0 bridgehead atoms. The molecule has 0 atom stereocenters. The first-order valence-electron chi connectivity index (χ1n) is 8.31. The van der Waals surface area contributed by atoms with Gasteiger partial charge < -0.3 is 24.2 Å². The third-order valence-corrected chi connectivity index (χ3v) is 3.75. The fourth-order valence-corrected chi connectivity index (χ4v) is 2.45. The molecule has 1 N–H and O–H groups in total. The van der Waals surface area contributed by atoms with Crippen molar-refractivity contribution in [2.45, 2.75) is 19.8 Å². The zero-order chi connectivity index (χ0) is 18.9. The Morgan fingerprint density at radius 3 is 2.42 bits per heavy atom. The topological polar surface area (TPSA) is 93.9 Å². The average molecular weight is 361 g/mol.